The average molecular weight is 795 g/mol. The molecule has 1 atom stereocenters. The molecule has 3 aromatic rings. The van der Waals surface area contributed by atoms with Crippen LogP contribution in [-0.2, 0) is 16.8 Å². The summed E-state index contributed by atoms with van der Waals surface area (Å²) in [6.45, 7) is 2.27. The van der Waals surface area contributed by atoms with Crippen LogP contribution >= 0.6 is 46.4 Å². The topological polar surface area (TPSA) is 82.9 Å². The molecule has 0 spiro atoms. The zero-order chi connectivity index (χ0) is 37.6. The fourth-order valence-corrected chi connectivity index (χ4v) is 8.39. The van der Waals surface area contributed by atoms with Gasteiger partial charge in [-0.2, -0.15) is 0 Å². The molecule has 0 bridgehead atoms. The SMILES string of the molecule is CCCCCCCCCCCCCCCc1cccc(-c2ccc(Cl)c(C(=O)NC3=CC=CC(NC4=CC(=O)N=N4)(c4c(Cl)cc(Cl)cc4Cl)C3)c2)c1. The Balaban J connectivity index is 1.18. The van der Waals surface area contributed by atoms with E-state index in [1.807, 2.05) is 18.2 Å². The van der Waals surface area contributed by atoms with Gasteiger partial charge in [0.1, 0.15) is 0 Å². The third-order valence-electron chi connectivity index (χ3n) is 9.78. The average Bonchev–Trinajstić information content (AvgIpc) is 3.53. The molecule has 5 rings (SSSR count). The van der Waals surface area contributed by atoms with Crippen molar-refractivity contribution in [3.8, 4) is 11.1 Å². The molecule has 1 heterocycles. The summed E-state index contributed by atoms with van der Waals surface area (Å²) >= 11 is 26.3. The van der Waals surface area contributed by atoms with Crippen LogP contribution in [0.25, 0.3) is 11.1 Å². The lowest BCUT2D eigenvalue weighted by Gasteiger charge is -2.37. The van der Waals surface area contributed by atoms with Crippen LogP contribution in [-0.4, -0.2) is 11.8 Å². The molecular weight excluding hydrogens is 746 g/mol. The second kappa shape index (κ2) is 20.3. The van der Waals surface area contributed by atoms with Crippen LogP contribution in [0.4, 0.5) is 0 Å². The van der Waals surface area contributed by atoms with Gasteiger partial charge in [-0.05, 0) is 59.9 Å². The number of rotatable bonds is 20. The molecule has 1 aliphatic heterocycles. The van der Waals surface area contributed by atoms with Crippen LogP contribution < -0.4 is 10.6 Å². The Morgan fingerprint density at radius 1 is 0.755 bits per heavy atom. The number of carbonyl (C=O) groups excluding carboxylic acids is 2. The highest BCUT2D eigenvalue weighted by atomic mass is 35.5. The fraction of sp³-hybridized carbons (Fsp3) is 0.395. The highest BCUT2D eigenvalue weighted by Crippen LogP contribution is 2.43. The number of amides is 2. The monoisotopic (exact) mass is 792 g/mol. The summed E-state index contributed by atoms with van der Waals surface area (Å²) in [5.41, 5.74) is 3.55. The zero-order valence-corrected chi connectivity index (χ0v) is 33.4. The number of carbonyl (C=O) groups is 2. The van der Waals surface area contributed by atoms with E-state index in [2.05, 4.69) is 52.1 Å². The van der Waals surface area contributed by atoms with Gasteiger partial charge < -0.3 is 10.6 Å². The van der Waals surface area contributed by atoms with E-state index < -0.39 is 11.4 Å². The van der Waals surface area contributed by atoms with E-state index in [0.29, 0.717) is 36.9 Å². The lowest BCUT2D eigenvalue weighted by molar-refractivity contribution is -0.113. The first kappa shape index (κ1) is 40.8. The molecule has 0 radical (unpaired) electrons. The molecule has 2 aliphatic rings. The molecule has 0 aromatic heterocycles. The summed E-state index contributed by atoms with van der Waals surface area (Å²) in [7, 11) is 0. The zero-order valence-electron chi connectivity index (χ0n) is 30.3. The molecule has 6 nitrogen and oxygen atoms in total. The molecule has 1 aliphatic carbocycles. The van der Waals surface area contributed by atoms with Gasteiger partial charge >= 0.3 is 0 Å². The summed E-state index contributed by atoms with van der Waals surface area (Å²) in [6.07, 6.45) is 25.3. The van der Waals surface area contributed by atoms with Gasteiger partial charge in [0.2, 0.25) is 0 Å². The first-order valence-electron chi connectivity index (χ1n) is 18.9. The third-order valence-corrected chi connectivity index (χ3v) is 10.9. The number of aryl methyl sites for hydroxylation is 1. The standard InChI is InChI=1S/C43H48Cl4N4O2/c1-2-3-4-5-6-7-8-9-10-11-12-13-14-17-30-18-15-19-31(24-30)32-21-22-36(45)35(25-32)42(53)48-34-20-16-23-43(29-34,49-39-28-40(52)51-50-39)41-37(46)26-33(44)27-38(41)47/h15-16,18-28,49H,2-14,17,29H2,1H3,(H,48,53). The number of halogens is 4. The minimum absolute atomic E-state index is 0.204. The van der Waals surface area contributed by atoms with Crippen LogP contribution in [0.5, 0.6) is 0 Å². The summed E-state index contributed by atoms with van der Waals surface area (Å²) in [5.74, 6) is -0.612. The van der Waals surface area contributed by atoms with Crippen molar-refractivity contribution in [1.82, 2.24) is 10.6 Å². The van der Waals surface area contributed by atoms with Crippen LogP contribution in [0.1, 0.15) is 118 Å². The normalized spacial score (nSPS) is 16.5. The maximum atomic E-state index is 13.8. The van der Waals surface area contributed by atoms with Gasteiger partial charge in [0.15, 0.2) is 5.82 Å². The molecule has 53 heavy (non-hydrogen) atoms. The van der Waals surface area contributed by atoms with E-state index in [1.54, 1.807) is 30.4 Å². The highest BCUT2D eigenvalue weighted by Gasteiger charge is 2.38. The molecule has 2 amide bonds. The third kappa shape index (κ3) is 11.8. The Morgan fingerprint density at radius 2 is 1.40 bits per heavy atom. The van der Waals surface area contributed by atoms with Crippen LogP contribution in [0.15, 0.2) is 101 Å². The number of benzene rings is 3. The second-order valence-electron chi connectivity index (χ2n) is 14.0. The van der Waals surface area contributed by atoms with Crippen molar-refractivity contribution < 1.29 is 9.59 Å². The van der Waals surface area contributed by atoms with Gasteiger partial charge in [-0.25, -0.2) is 0 Å². The van der Waals surface area contributed by atoms with Crippen molar-refractivity contribution in [2.24, 2.45) is 10.2 Å². The second-order valence-corrected chi connectivity index (χ2v) is 15.6. The quantitative estimate of drug-likeness (QED) is 0.112. The van der Waals surface area contributed by atoms with Gasteiger partial charge in [-0.3, -0.25) is 9.59 Å². The number of unbranched alkanes of at least 4 members (excludes halogenated alkanes) is 12. The van der Waals surface area contributed by atoms with E-state index in [-0.39, 0.29) is 18.1 Å². The van der Waals surface area contributed by atoms with Gasteiger partial charge in [0.05, 0.1) is 22.2 Å². The Morgan fingerprint density at radius 3 is 2.04 bits per heavy atom. The summed E-state index contributed by atoms with van der Waals surface area (Å²) in [6, 6.07) is 17.2. The molecule has 3 aromatic carbocycles. The van der Waals surface area contributed by atoms with Crippen LogP contribution in [0.3, 0.4) is 0 Å². The van der Waals surface area contributed by atoms with Crippen molar-refractivity contribution in [3.05, 3.63) is 127 Å². The predicted octanol–water partition coefficient (Wildman–Crippen LogP) is 13.5. The highest BCUT2D eigenvalue weighted by molar-refractivity contribution is 6.39. The van der Waals surface area contributed by atoms with Crippen molar-refractivity contribution in [3.63, 3.8) is 0 Å². The summed E-state index contributed by atoms with van der Waals surface area (Å²) in [5, 5.41) is 15.2. The van der Waals surface area contributed by atoms with E-state index in [1.165, 1.54) is 88.7 Å². The van der Waals surface area contributed by atoms with Gasteiger partial charge in [-0.1, -0.05) is 173 Å². The van der Waals surface area contributed by atoms with Gasteiger partial charge in [-0.15, -0.1) is 10.2 Å². The summed E-state index contributed by atoms with van der Waals surface area (Å²) in [4.78, 5) is 25.7. The maximum Gasteiger partial charge on any atom is 0.292 e. The number of hydrogen-bond donors (Lipinski definition) is 2. The lowest BCUT2D eigenvalue weighted by atomic mass is 9.82. The smallest absolute Gasteiger partial charge is 0.292 e. The van der Waals surface area contributed by atoms with E-state index >= 15 is 0 Å². The molecule has 1 unspecified atom stereocenters. The van der Waals surface area contributed by atoms with Crippen molar-refractivity contribution >= 4 is 58.2 Å². The number of nitrogens with one attached hydrogen (secondary N) is 2. The Bertz CT molecular complexity index is 1860. The molecule has 10 heteroatoms. The number of nitrogens with zero attached hydrogens (tertiary/aromatic N) is 2. The maximum absolute atomic E-state index is 13.8. The molecule has 280 valence electrons. The van der Waals surface area contributed by atoms with Crippen LogP contribution in [0.2, 0.25) is 20.1 Å². The molecule has 0 saturated carbocycles. The predicted molar refractivity (Wildman–Crippen MR) is 220 cm³/mol. The van der Waals surface area contributed by atoms with Crippen molar-refractivity contribution in [2.45, 2.75) is 109 Å². The molecule has 2 N–H and O–H groups in total. The molecule has 0 fully saturated rings. The van der Waals surface area contributed by atoms with Crippen LogP contribution in [0, 0.1) is 0 Å². The molecule has 0 saturated heterocycles. The summed E-state index contributed by atoms with van der Waals surface area (Å²) < 4.78 is 0. The number of allylic oxidation sites excluding steroid dienone is 2. The molecular formula is C43H48Cl4N4O2. The Labute approximate surface area is 334 Å². The van der Waals surface area contributed by atoms with E-state index in [9.17, 15) is 9.59 Å². The Hall–Kier alpha value is -3.42. The van der Waals surface area contributed by atoms with E-state index in [4.69, 9.17) is 46.4 Å². The van der Waals surface area contributed by atoms with Crippen molar-refractivity contribution in [2.75, 3.05) is 0 Å². The minimum atomic E-state index is -1.09. The van der Waals surface area contributed by atoms with Gasteiger partial charge in [0, 0.05) is 32.7 Å². The first-order valence-corrected chi connectivity index (χ1v) is 20.4. The largest absolute Gasteiger partial charge is 0.355 e. The first-order chi connectivity index (χ1) is 25.7. The lowest BCUT2D eigenvalue weighted by Crippen LogP contribution is -2.43. The van der Waals surface area contributed by atoms with E-state index in [0.717, 1.165) is 24.0 Å². The minimum Gasteiger partial charge on any atom is -0.355 e. The number of azo groups is 1. The van der Waals surface area contributed by atoms with Gasteiger partial charge in [0.25, 0.3) is 11.8 Å². The fourth-order valence-electron chi connectivity index (χ4n) is 7.03. The van der Waals surface area contributed by atoms with Crippen molar-refractivity contribution in [1.29, 1.82) is 0 Å². The Kier molecular flexibility index (Phi) is 15.6. The number of hydrogen-bond acceptors (Lipinski definition) is 4.